The molecule has 5 heteroatoms. The summed E-state index contributed by atoms with van der Waals surface area (Å²) in [7, 11) is 0. The summed E-state index contributed by atoms with van der Waals surface area (Å²) < 4.78 is 0. The molecule has 1 saturated heterocycles. The highest BCUT2D eigenvalue weighted by Crippen LogP contribution is 2.12. The summed E-state index contributed by atoms with van der Waals surface area (Å²) in [5.74, 6) is 0.141. The normalized spacial score (nSPS) is 15.8. The zero-order chi connectivity index (χ0) is 15.2. The molecule has 1 heterocycles. The van der Waals surface area contributed by atoms with E-state index in [0.717, 1.165) is 24.2 Å². The minimum Gasteiger partial charge on any atom is -0.355 e. The maximum Gasteiger partial charge on any atom is 0.254 e. The highest BCUT2D eigenvalue weighted by atomic mass is 16.2. The van der Waals surface area contributed by atoms with Crippen molar-refractivity contribution < 1.29 is 9.59 Å². The van der Waals surface area contributed by atoms with E-state index in [1.807, 2.05) is 43.0 Å². The van der Waals surface area contributed by atoms with Gasteiger partial charge in [-0.15, -0.1) is 0 Å². The van der Waals surface area contributed by atoms with E-state index in [1.54, 1.807) is 0 Å². The molecule has 2 rings (SSSR count). The Morgan fingerprint density at radius 1 is 1.14 bits per heavy atom. The van der Waals surface area contributed by atoms with Crippen LogP contribution in [-0.2, 0) is 4.79 Å². The first kappa shape index (κ1) is 15.5. The monoisotopic (exact) mass is 289 g/mol. The molecular formula is C16H23N3O2. The van der Waals surface area contributed by atoms with Crippen molar-refractivity contribution in [2.45, 2.75) is 13.8 Å². The smallest absolute Gasteiger partial charge is 0.254 e. The molecule has 21 heavy (non-hydrogen) atoms. The molecule has 1 fully saturated rings. The number of piperazine rings is 1. The van der Waals surface area contributed by atoms with Gasteiger partial charge in [-0.3, -0.25) is 14.5 Å². The molecule has 0 spiro atoms. The Morgan fingerprint density at radius 2 is 1.81 bits per heavy atom. The lowest BCUT2D eigenvalue weighted by molar-refractivity contribution is -0.122. The van der Waals surface area contributed by atoms with Crippen molar-refractivity contribution in [3.05, 3.63) is 35.4 Å². The zero-order valence-electron chi connectivity index (χ0n) is 12.8. The molecule has 0 unspecified atom stereocenters. The summed E-state index contributed by atoms with van der Waals surface area (Å²) in [6.07, 6.45) is 0. The van der Waals surface area contributed by atoms with Gasteiger partial charge in [0.25, 0.3) is 5.91 Å². The van der Waals surface area contributed by atoms with Gasteiger partial charge >= 0.3 is 0 Å². The van der Waals surface area contributed by atoms with E-state index in [9.17, 15) is 9.59 Å². The van der Waals surface area contributed by atoms with Gasteiger partial charge in [0.1, 0.15) is 0 Å². The van der Waals surface area contributed by atoms with Gasteiger partial charge in [0.05, 0.1) is 6.54 Å². The van der Waals surface area contributed by atoms with Crippen molar-refractivity contribution in [3.8, 4) is 0 Å². The summed E-state index contributed by atoms with van der Waals surface area (Å²) >= 11 is 0. The molecule has 1 N–H and O–H groups in total. The third-order valence-electron chi connectivity index (χ3n) is 3.78. The number of hydrogen-bond donors (Lipinski definition) is 1. The predicted molar refractivity (Wildman–Crippen MR) is 82.2 cm³/mol. The molecule has 0 atom stereocenters. The fourth-order valence-electron chi connectivity index (χ4n) is 2.55. The van der Waals surface area contributed by atoms with E-state index < -0.39 is 0 Å². The van der Waals surface area contributed by atoms with Crippen LogP contribution in [-0.4, -0.2) is 60.9 Å². The summed E-state index contributed by atoms with van der Waals surface area (Å²) in [5.41, 5.74) is 1.78. The Bertz CT molecular complexity index is 508. The molecule has 0 radical (unpaired) electrons. The Hall–Kier alpha value is -1.88. The van der Waals surface area contributed by atoms with E-state index in [4.69, 9.17) is 0 Å². The largest absolute Gasteiger partial charge is 0.355 e. The maximum absolute atomic E-state index is 12.5. The van der Waals surface area contributed by atoms with Crippen LogP contribution in [0.3, 0.4) is 0 Å². The first-order valence-electron chi connectivity index (χ1n) is 7.45. The first-order valence-corrected chi connectivity index (χ1v) is 7.45. The fraction of sp³-hybridized carbons (Fsp3) is 0.500. The lowest BCUT2D eigenvalue weighted by Gasteiger charge is -2.34. The van der Waals surface area contributed by atoms with Gasteiger partial charge in [-0.05, 0) is 25.5 Å². The lowest BCUT2D eigenvalue weighted by atomic mass is 10.1. The minimum atomic E-state index is 0.0520. The van der Waals surface area contributed by atoms with Crippen LogP contribution >= 0.6 is 0 Å². The molecule has 1 aliphatic rings. The third-order valence-corrected chi connectivity index (χ3v) is 3.78. The number of nitrogens with zero attached hydrogens (tertiary/aromatic N) is 2. The molecule has 0 aromatic heterocycles. The first-order chi connectivity index (χ1) is 10.1. The number of amides is 2. The number of nitrogens with one attached hydrogen (secondary N) is 1. The quantitative estimate of drug-likeness (QED) is 0.895. The van der Waals surface area contributed by atoms with Crippen molar-refractivity contribution in [2.24, 2.45) is 0 Å². The van der Waals surface area contributed by atoms with Gasteiger partial charge in [-0.2, -0.15) is 0 Å². The van der Waals surface area contributed by atoms with Crippen LogP contribution in [0.4, 0.5) is 0 Å². The van der Waals surface area contributed by atoms with Crippen molar-refractivity contribution >= 4 is 11.8 Å². The number of carbonyl (C=O) groups excluding carboxylic acids is 2. The standard InChI is InChI=1S/C16H23N3O2/c1-3-17-15(20)12-18-8-10-19(11-9-18)16(21)14-7-5-4-6-13(14)2/h4-7H,3,8-12H2,1-2H3,(H,17,20). The molecule has 1 aliphatic heterocycles. The van der Waals surface area contributed by atoms with Gasteiger partial charge in [0.15, 0.2) is 0 Å². The average Bonchev–Trinajstić information content (AvgIpc) is 2.48. The summed E-state index contributed by atoms with van der Waals surface area (Å²) in [6.45, 7) is 7.78. The number of likely N-dealkylation sites (N-methyl/N-ethyl adjacent to an activating group) is 1. The van der Waals surface area contributed by atoms with Crippen molar-refractivity contribution in [2.75, 3.05) is 39.3 Å². The third kappa shape index (κ3) is 4.04. The maximum atomic E-state index is 12.5. The van der Waals surface area contributed by atoms with Crippen LogP contribution < -0.4 is 5.32 Å². The molecule has 1 aromatic rings. The lowest BCUT2D eigenvalue weighted by Crippen LogP contribution is -2.51. The van der Waals surface area contributed by atoms with Gasteiger partial charge < -0.3 is 10.2 Å². The fourth-order valence-corrected chi connectivity index (χ4v) is 2.55. The number of carbonyl (C=O) groups is 2. The zero-order valence-corrected chi connectivity index (χ0v) is 12.8. The van der Waals surface area contributed by atoms with Crippen molar-refractivity contribution in [1.29, 1.82) is 0 Å². The Balaban J connectivity index is 1.88. The predicted octanol–water partition coefficient (Wildman–Crippen LogP) is 0.889. The number of benzene rings is 1. The SMILES string of the molecule is CCNC(=O)CN1CCN(C(=O)c2ccccc2C)CC1. The van der Waals surface area contributed by atoms with E-state index in [-0.39, 0.29) is 11.8 Å². The van der Waals surface area contributed by atoms with Crippen LogP contribution in [0.2, 0.25) is 0 Å². The summed E-state index contributed by atoms with van der Waals surface area (Å²) in [6, 6.07) is 7.67. The second-order valence-electron chi connectivity index (χ2n) is 5.34. The van der Waals surface area contributed by atoms with Crippen LogP contribution in [0, 0.1) is 6.92 Å². The molecule has 0 saturated carbocycles. The van der Waals surface area contributed by atoms with E-state index in [1.165, 1.54) is 0 Å². The van der Waals surface area contributed by atoms with Gasteiger partial charge in [0, 0.05) is 38.3 Å². The number of hydrogen-bond acceptors (Lipinski definition) is 3. The Morgan fingerprint density at radius 3 is 2.43 bits per heavy atom. The molecular weight excluding hydrogens is 266 g/mol. The second-order valence-corrected chi connectivity index (χ2v) is 5.34. The minimum absolute atomic E-state index is 0.0520. The molecule has 1 aromatic carbocycles. The van der Waals surface area contributed by atoms with Gasteiger partial charge in [-0.1, -0.05) is 18.2 Å². The number of aryl methyl sites for hydroxylation is 1. The van der Waals surface area contributed by atoms with Gasteiger partial charge in [0.2, 0.25) is 5.91 Å². The van der Waals surface area contributed by atoms with E-state index in [0.29, 0.717) is 26.2 Å². The highest BCUT2D eigenvalue weighted by molar-refractivity contribution is 5.95. The molecule has 0 bridgehead atoms. The summed E-state index contributed by atoms with van der Waals surface area (Å²) in [4.78, 5) is 28.0. The number of rotatable bonds is 4. The van der Waals surface area contributed by atoms with Crippen LogP contribution in [0.25, 0.3) is 0 Å². The van der Waals surface area contributed by atoms with Crippen LogP contribution in [0.1, 0.15) is 22.8 Å². The van der Waals surface area contributed by atoms with Crippen LogP contribution in [0.15, 0.2) is 24.3 Å². The highest BCUT2D eigenvalue weighted by Gasteiger charge is 2.23. The van der Waals surface area contributed by atoms with Crippen molar-refractivity contribution in [1.82, 2.24) is 15.1 Å². The molecule has 0 aliphatic carbocycles. The molecule has 2 amide bonds. The molecule has 5 nitrogen and oxygen atoms in total. The average molecular weight is 289 g/mol. The van der Waals surface area contributed by atoms with Gasteiger partial charge in [-0.25, -0.2) is 0 Å². The summed E-state index contributed by atoms with van der Waals surface area (Å²) in [5, 5.41) is 2.80. The Labute approximate surface area is 125 Å². The van der Waals surface area contributed by atoms with E-state index >= 15 is 0 Å². The van der Waals surface area contributed by atoms with Crippen molar-refractivity contribution in [3.63, 3.8) is 0 Å². The Kier molecular flexibility index (Phi) is 5.33. The topological polar surface area (TPSA) is 52.7 Å². The molecule has 114 valence electrons. The second kappa shape index (κ2) is 7.22. The van der Waals surface area contributed by atoms with Crippen LogP contribution in [0.5, 0.6) is 0 Å². The van der Waals surface area contributed by atoms with E-state index in [2.05, 4.69) is 10.2 Å².